The van der Waals surface area contributed by atoms with E-state index in [9.17, 15) is 9.59 Å². The fourth-order valence-corrected chi connectivity index (χ4v) is 4.22. The summed E-state index contributed by atoms with van der Waals surface area (Å²) in [6, 6.07) is 6.28. The summed E-state index contributed by atoms with van der Waals surface area (Å²) in [4.78, 5) is 34.3. The molecule has 1 atom stereocenters. The number of hydrogen-bond acceptors (Lipinski definition) is 7. The van der Waals surface area contributed by atoms with Crippen molar-refractivity contribution in [2.45, 2.75) is 58.6 Å². The number of carbonyl (C=O) groups excluding carboxylic acids is 2. The number of aromatic nitrogens is 2. The Balaban J connectivity index is 1.95. The molecule has 1 aromatic heterocycles. The van der Waals surface area contributed by atoms with Gasteiger partial charge in [0.25, 0.3) is 6.47 Å². The topological polar surface area (TPSA) is 93.7 Å². The molecule has 1 fully saturated rings. The molecule has 2 heterocycles. The molecule has 0 bridgehead atoms. The van der Waals surface area contributed by atoms with Crippen molar-refractivity contribution in [2.75, 3.05) is 30.0 Å². The van der Waals surface area contributed by atoms with Crippen molar-refractivity contribution >= 4 is 23.8 Å². The van der Waals surface area contributed by atoms with Crippen molar-refractivity contribution in [1.82, 2.24) is 9.97 Å². The zero-order valence-corrected chi connectivity index (χ0v) is 19.7. The first-order valence-corrected chi connectivity index (χ1v) is 11.6. The van der Waals surface area contributed by atoms with E-state index in [0.717, 1.165) is 55.1 Å². The number of hydrogen-bond donors (Lipinski definition) is 1. The first-order chi connectivity index (χ1) is 16.0. The maximum Gasteiger partial charge on any atom is 0.293 e. The summed E-state index contributed by atoms with van der Waals surface area (Å²) in [5.74, 6) is 0.295. The van der Waals surface area contributed by atoms with Gasteiger partial charge in [-0.2, -0.15) is 0 Å². The fraction of sp³-hybridized carbons (Fsp3) is 0.520. The van der Waals surface area contributed by atoms with Gasteiger partial charge >= 0.3 is 0 Å². The van der Waals surface area contributed by atoms with Crippen LogP contribution < -0.4 is 10.2 Å². The molecule has 1 aliphatic heterocycles. The summed E-state index contributed by atoms with van der Waals surface area (Å²) < 4.78 is 10.9. The quantitative estimate of drug-likeness (QED) is 0.514. The number of ether oxygens (including phenoxy) is 2. The Morgan fingerprint density at radius 3 is 2.64 bits per heavy atom. The van der Waals surface area contributed by atoms with Gasteiger partial charge in [0.1, 0.15) is 12.4 Å². The van der Waals surface area contributed by atoms with E-state index in [0.29, 0.717) is 24.9 Å². The van der Waals surface area contributed by atoms with Crippen LogP contribution in [0.15, 0.2) is 36.9 Å². The summed E-state index contributed by atoms with van der Waals surface area (Å²) in [6.07, 6.45) is 7.06. The molecule has 1 amide bonds. The Morgan fingerprint density at radius 1 is 1.27 bits per heavy atom. The van der Waals surface area contributed by atoms with Crippen LogP contribution in [0, 0.1) is 5.92 Å². The molecule has 3 rings (SSSR count). The van der Waals surface area contributed by atoms with Crippen molar-refractivity contribution in [2.24, 2.45) is 5.92 Å². The summed E-state index contributed by atoms with van der Waals surface area (Å²) >= 11 is 0. The Labute approximate surface area is 195 Å². The van der Waals surface area contributed by atoms with E-state index in [1.54, 1.807) is 12.4 Å². The van der Waals surface area contributed by atoms with Crippen LogP contribution in [0.1, 0.15) is 57.3 Å². The molecule has 1 N–H and O–H groups in total. The van der Waals surface area contributed by atoms with E-state index in [1.165, 1.54) is 6.33 Å². The van der Waals surface area contributed by atoms with Crippen LogP contribution in [-0.2, 0) is 25.5 Å². The molecule has 0 saturated carbocycles. The van der Waals surface area contributed by atoms with E-state index in [1.807, 2.05) is 25.1 Å². The van der Waals surface area contributed by atoms with Crippen LogP contribution in [-0.4, -0.2) is 48.1 Å². The largest absolute Gasteiger partial charge is 0.460 e. The maximum atomic E-state index is 12.9. The standard InChI is InChI=1S/C25H34N4O4/c1-4-24(33-17-30)20-5-6-23(29(15-18(2)3)21-7-9-32-10-8-21)22(12-20)28-25(31)11-19-13-26-16-27-14-19/h5-6,12-14,16-18,21,24H,4,7-11,15H2,1-3H3,(H,28,31). The molecule has 0 aliphatic carbocycles. The molecule has 0 spiro atoms. The Kier molecular flexibility index (Phi) is 9.18. The van der Waals surface area contributed by atoms with Gasteiger partial charge in [0.15, 0.2) is 0 Å². The van der Waals surface area contributed by atoms with Gasteiger partial charge in [-0.15, -0.1) is 0 Å². The number of rotatable bonds is 11. The molecule has 8 nitrogen and oxygen atoms in total. The summed E-state index contributed by atoms with van der Waals surface area (Å²) in [5.41, 5.74) is 3.28. The fourth-order valence-electron chi connectivity index (χ4n) is 4.22. The molecule has 8 heteroatoms. The third-order valence-corrected chi connectivity index (χ3v) is 5.74. The van der Waals surface area contributed by atoms with Crippen LogP contribution in [0.2, 0.25) is 0 Å². The predicted molar refractivity (Wildman–Crippen MR) is 127 cm³/mol. The summed E-state index contributed by atoms with van der Waals surface area (Å²) in [6.45, 7) is 9.15. The van der Waals surface area contributed by atoms with Gasteiger partial charge < -0.3 is 19.7 Å². The molecular weight excluding hydrogens is 420 g/mol. The highest BCUT2D eigenvalue weighted by molar-refractivity contribution is 5.95. The maximum absolute atomic E-state index is 12.9. The third kappa shape index (κ3) is 6.99. The average Bonchev–Trinajstić information content (AvgIpc) is 2.82. The highest BCUT2D eigenvalue weighted by Crippen LogP contribution is 2.35. The van der Waals surface area contributed by atoms with Crippen LogP contribution in [0.25, 0.3) is 0 Å². The second kappa shape index (κ2) is 12.3. The third-order valence-electron chi connectivity index (χ3n) is 5.74. The van der Waals surface area contributed by atoms with Gasteiger partial charge in [-0.05, 0) is 48.4 Å². The van der Waals surface area contributed by atoms with Crippen molar-refractivity contribution in [3.05, 3.63) is 48.0 Å². The number of amides is 1. The lowest BCUT2D eigenvalue weighted by Gasteiger charge is -2.38. The van der Waals surface area contributed by atoms with Crippen LogP contribution in [0.4, 0.5) is 11.4 Å². The Bertz CT molecular complexity index is 901. The van der Waals surface area contributed by atoms with Gasteiger partial charge in [0.05, 0.1) is 17.8 Å². The molecule has 33 heavy (non-hydrogen) atoms. The van der Waals surface area contributed by atoms with Gasteiger partial charge in [0.2, 0.25) is 5.91 Å². The molecule has 178 valence electrons. The zero-order valence-electron chi connectivity index (χ0n) is 19.7. The molecule has 1 aliphatic rings. The normalized spacial score (nSPS) is 15.2. The zero-order chi connectivity index (χ0) is 23.6. The summed E-state index contributed by atoms with van der Waals surface area (Å²) in [5, 5.41) is 3.10. The number of nitrogens with zero attached hydrogens (tertiary/aromatic N) is 3. The molecule has 1 saturated heterocycles. The molecule has 1 aromatic carbocycles. The lowest BCUT2D eigenvalue weighted by atomic mass is 10.0. The number of nitrogens with one attached hydrogen (secondary N) is 1. The first-order valence-electron chi connectivity index (χ1n) is 11.6. The van der Waals surface area contributed by atoms with Gasteiger partial charge in [-0.1, -0.05) is 26.8 Å². The lowest BCUT2D eigenvalue weighted by molar-refractivity contribution is -0.134. The molecule has 2 aromatic rings. The molecular formula is C25H34N4O4. The van der Waals surface area contributed by atoms with Crippen molar-refractivity contribution in [3.8, 4) is 0 Å². The van der Waals surface area contributed by atoms with Gasteiger partial charge in [-0.3, -0.25) is 9.59 Å². The van der Waals surface area contributed by atoms with Crippen LogP contribution >= 0.6 is 0 Å². The van der Waals surface area contributed by atoms with E-state index >= 15 is 0 Å². The monoisotopic (exact) mass is 454 g/mol. The SMILES string of the molecule is CCC(OC=O)c1ccc(N(CC(C)C)C2CCOCC2)c(NC(=O)Cc2cncnc2)c1. The summed E-state index contributed by atoms with van der Waals surface area (Å²) in [7, 11) is 0. The number of anilines is 2. The van der Waals surface area contributed by atoms with E-state index < -0.39 is 0 Å². The van der Waals surface area contributed by atoms with Crippen molar-refractivity contribution in [1.29, 1.82) is 0 Å². The molecule has 0 radical (unpaired) electrons. The molecule has 1 unspecified atom stereocenters. The second-order valence-corrected chi connectivity index (χ2v) is 8.77. The van der Waals surface area contributed by atoms with Crippen molar-refractivity contribution < 1.29 is 19.1 Å². The minimum Gasteiger partial charge on any atom is -0.460 e. The first kappa shape index (κ1) is 24.6. The Hall–Kier alpha value is -3.00. The minimum atomic E-state index is -0.364. The van der Waals surface area contributed by atoms with Gasteiger partial charge in [-0.25, -0.2) is 9.97 Å². The van der Waals surface area contributed by atoms with E-state index in [-0.39, 0.29) is 18.4 Å². The van der Waals surface area contributed by atoms with Crippen LogP contribution in [0.3, 0.4) is 0 Å². The Morgan fingerprint density at radius 2 is 2.00 bits per heavy atom. The highest BCUT2D eigenvalue weighted by atomic mass is 16.5. The minimum absolute atomic E-state index is 0.149. The van der Waals surface area contributed by atoms with E-state index in [2.05, 4.69) is 34.0 Å². The van der Waals surface area contributed by atoms with Crippen LogP contribution in [0.5, 0.6) is 0 Å². The average molecular weight is 455 g/mol. The second-order valence-electron chi connectivity index (χ2n) is 8.77. The number of carbonyl (C=O) groups is 2. The van der Waals surface area contributed by atoms with Gasteiger partial charge in [0, 0.05) is 38.2 Å². The van der Waals surface area contributed by atoms with Crippen molar-refractivity contribution in [3.63, 3.8) is 0 Å². The highest BCUT2D eigenvalue weighted by Gasteiger charge is 2.26. The lowest BCUT2D eigenvalue weighted by Crippen LogP contribution is -2.42. The predicted octanol–water partition coefficient (Wildman–Crippen LogP) is 3.92. The smallest absolute Gasteiger partial charge is 0.293 e. The van der Waals surface area contributed by atoms with E-state index in [4.69, 9.17) is 9.47 Å². The number of benzene rings is 1.